The topological polar surface area (TPSA) is 101 Å². The number of halogens is 1. The summed E-state index contributed by atoms with van der Waals surface area (Å²) in [5.41, 5.74) is 5.18. The Bertz CT molecular complexity index is 197. The molecule has 0 aromatic carbocycles. The molecule has 0 saturated heterocycles. The van der Waals surface area contributed by atoms with Crippen molar-refractivity contribution in [2.75, 3.05) is 5.88 Å². The van der Waals surface area contributed by atoms with Gasteiger partial charge in [-0.3, -0.25) is 9.59 Å². The summed E-state index contributed by atoms with van der Waals surface area (Å²) in [6.07, 6.45) is 0.148. The van der Waals surface area contributed by atoms with Gasteiger partial charge in [0.05, 0.1) is 5.92 Å². The van der Waals surface area contributed by atoms with Gasteiger partial charge >= 0.3 is 11.9 Å². The van der Waals surface area contributed by atoms with Crippen LogP contribution in [0.2, 0.25) is 0 Å². The normalized spacial score (nSPS) is 14.9. The molecule has 4 N–H and O–H groups in total. The minimum atomic E-state index is -1.19. The van der Waals surface area contributed by atoms with Gasteiger partial charge in [0.1, 0.15) is 6.04 Å². The van der Waals surface area contributed by atoms with Gasteiger partial charge < -0.3 is 15.9 Å². The van der Waals surface area contributed by atoms with Crippen LogP contribution in [0.15, 0.2) is 0 Å². The fourth-order valence-electron chi connectivity index (χ4n) is 0.881. The minimum Gasteiger partial charge on any atom is -0.481 e. The molecule has 0 amide bonds. The lowest BCUT2D eigenvalue weighted by molar-refractivity contribution is -0.143. The number of nitrogens with two attached hydrogens (primary N) is 1. The molecule has 0 aliphatic carbocycles. The number of alkyl halides is 1. The second-order valence-corrected chi connectivity index (χ2v) is 3.07. The number of carboxylic acid groups (broad SMARTS) is 2. The van der Waals surface area contributed by atoms with Crippen LogP contribution in [0, 0.1) is 5.92 Å². The molecule has 0 aliphatic rings. The molecule has 0 aromatic rings. The van der Waals surface area contributed by atoms with Crippen LogP contribution in [-0.2, 0) is 9.59 Å². The zero-order valence-corrected chi connectivity index (χ0v) is 7.70. The minimum absolute atomic E-state index is 0.0859. The lowest BCUT2D eigenvalue weighted by Gasteiger charge is -2.12. The van der Waals surface area contributed by atoms with Gasteiger partial charge in [-0.15, -0.1) is 11.6 Å². The second kappa shape index (κ2) is 5.77. The molecular formula is C7H12ClNO4. The molecule has 0 heterocycles. The maximum Gasteiger partial charge on any atom is 0.320 e. The average Bonchev–Trinajstić information content (AvgIpc) is 2.03. The molecule has 0 aliphatic heterocycles. The van der Waals surface area contributed by atoms with E-state index >= 15 is 0 Å². The molecule has 0 aromatic heterocycles. The maximum atomic E-state index is 10.5. The molecule has 6 heteroatoms. The van der Waals surface area contributed by atoms with Crippen molar-refractivity contribution in [1.29, 1.82) is 0 Å². The van der Waals surface area contributed by atoms with Gasteiger partial charge in [0, 0.05) is 5.88 Å². The molecule has 0 rings (SSSR count). The van der Waals surface area contributed by atoms with E-state index in [1.807, 2.05) is 0 Å². The van der Waals surface area contributed by atoms with Crippen molar-refractivity contribution in [2.24, 2.45) is 11.7 Å². The number of aliphatic carboxylic acids is 2. The van der Waals surface area contributed by atoms with Crippen molar-refractivity contribution in [3.63, 3.8) is 0 Å². The first-order valence-corrected chi connectivity index (χ1v) is 4.29. The van der Waals surface area contributed by atoms with Crippen LogP contribution >= 0.6 is 11.6 Å². The fourth-order valence-corrected chi connectivity index (χ4v) is 1.14. The van der Waals surface area contributed by atoms with E-state index in [-0.39, 0.29) is 18.7 Å². The lowest BCUT2D eigenvalue weighted by Crippen LogP contribution is -2.34. The fraction of sp³-hybridized carbons (Fsp3) is 0.714. The molecule has 2 unspecified atom stereocenters. The van der Waals surface area contributed by atoms with E-state index in [1.165, 1.54) is 0 Å². The number of hydrogen-bond donors (Lipinski definition) is 3. The maximum absolute atomic E-state index is 10.5. The van der Waals surface area contributed by atoms with Gasteiger partial charge in [-0.25, -0.2) is 0 Å². The Morgan fingerprint density at radius 2 is 1.85 bits per heavy atom. The number of rotatable bonds is 6. The quantitative estimate of drug-likeness (QED) is 0.540. The van der Waals surface area contributed by atoms with Crippen molar-refractivity contribution in [3.8, 4) is 0 Å². The summed E-state index contributed by atoms with van der Waals surface area (Å²) in [6, 6.07) is -1.13. The highest BCUT2D eigenvalue weighted by Gasteiger charge is 2.23. The van der Waals surface area contributed by atoms with Crippen molar-refractivity contribution in [3.05, 3.63) is 0 Å². The van der Waals surface area contributed by atoms with E-state index < -0.39 is 23.9 Å². The summed E-state index contributed by atoms with van der Waals surface area (Å²) in [4.78, 5) is 20.9. The summed E-state index contributed by atoms with van der Waals surface area (Å²) >= 11 is 5.35. The largest absolute Gasteiger partial charge is 0.481 e. The highest BCUT2D eigenvalue weighted by atomic mass is 35.5. The van der Waals surface area contributed by atoms with Crippen molar-refractivity contribution < 1.29 is 19.8 Å². The molecular weight excluding hydrogens is 198 g/mol. The molecule has 0 saturated carbocycles. The highest BCUT2D eigenvalue weighted by Crippen LogP contribution is 2.12. The van der Waals surface area contributed by atoms with Gasteiger partial charge in [-0.05, 0) is 12.8 Å². The van der Waals surface area contributed by atoms with Crippen molar-refractivity contribution in [1.82, 2.24) is 0 Å². The van der Waals surface area contributed by atoms with Crippen LogP contribution in [-0.4, -0.2) is 34.1 Å². The first-order chi connectivity index (χ1) is 5.99. The third-order valence-corrected chi connectivity index (χ3v) is 1.88. The van der Waals surface area contributed by atoms with Crippen LogP contribution in [0.25, 0.3) is 0 Å². The van der Waals surface area contributed by atoms with Crippen molar-refractivity contribution in [2.45, 2.75) is 18.9 Å². The molecule has 0 fully saturated rings. The molecule has 13 heavy (non-hydrogen) atoms. The van der Waals surface area contributed by atoms with Crippen LogP contribution in [0.4, 0.5) is 0 Å². The molecule has 76 valence electrons. The summed E-state index contributed by atoms with van der Waals surface area (Å²) in [5, 5.41) is 17.1. The van der Waals surface area contributed by atoms with E-state index in [1.54, 1.807) is 0 Å². The molecule has 5 nitrogen and oxygen atoms in total. The Hall–Kier alpha value is -0.810. The lowest BCUT2D eigenvalue weighted by atomic mass is 9.98. The van der Waals surface area contributed by atoms with Gasteiger partial charge in [0.15, 0.2) is 0 Å². The zero-order chi connectivity index (χ0) is 10.4. The Morgan fingerprint density at radius 1 is 1.31 bits per heavy atom. The molecule has 0 radical (unpaired) electrons. The summed E-state index contributed by atoms with van der Waals surface area (Å²) in [5.74, 6) is -2.84. The predicted octanol–water partition coefficient (Wildman–Crippen LogP) is 0.118. The third kappa shape index (κ3) is 4.69. The van der Waals surface area contributed by atoms with E-state index in [0.29, 0.717) is 0 Å². The van der Waals surface area contributed by atoms with Gasteiger partial charge in [0.2, 0.25) is 0 Å². The highest BCUT2D eigenvalue weighted by molar-refractivity contribution is 6.17. The van der Waals surface area contributed by atoms with E-state index in [4.69, 9.17) is 27.5 Å². The summed E-state index contributed by atoms with van der Waals surface area (Å²) < 4.78 is 0. The average molecular weight is 210 g/mol. The van der Waals surface area contributed by atoms with Crippen LogP contribution in [0.1, 0.15) is 12.8 Å². The van der Waals surface area contributed by atoms with Crippen LogP contribution < -0.4 is 5.73 Å². The monoisotopic (exact) mass is 209 g/mol. The standard InChI is InChI=1S/C7H12ClNO4/c8-2-1-4(6(10)11)3-5(9)7(12)13/h4-5H,1-3,9H2,(H,10,11)(H,12,13). The van der Waals surface area contributed by atoms with Crippen molar-refractivity contribution >= 4 is 23.5 Å². The Morgan fingerprint density at radius 3 is 2.15 bits per heavy atom. The Labute approximate surface area is 80.5 Å². The van der Waals surface area contributed by atoms with Gasteiger partial charge in [0.25, 0.3) is 0 Å². The smallest absolute Gasteiger partial charge is 0.320 e. The Kier molecular flexibility index (Phi) is 5.41. The first kappa shape index (κ1) is 12.2. The second-order valence-electron chi connectivity index (χ2n) is 2.69. The zero-order valence-electron chi connectivity index (χ0n) is 6.94. The number of carbonyl (C=O) groups is 2. The van der Waals surface area contributed by atoms with E-state index in [9.17, 15) is 9.59 Å². The summed E-state index contributed by atoms with van der Waals surface area (Å²) in [7, 11) is 0. The van der Waals surface area contributed by atoms with E-state index in [2.05, 4.69) is 0 Å². The molecule has 0 spiro atoms. The summed E-state index contributed by atoms with van der Waals surface area (Å²) in [6.45, 7) is 0. The SMILES string of the molecule is NC(CC(CCCl)C(=O)O)C(=O)O. The Balaban J connectivity index is 4.09. The van der Waals surface area contributed by atoms with Gasteiger partial charge in [-0.2, -0.15) is 0 Å². The molecule has 2 atom stereocenters. The van der Waals surface area contributed by atoms with Crippen LogP contribution in [0.3, 0.4) is 0 Å². The third-order valence-electron chi connectivity index (χ3n) is 1.66. The number of hydrogen-bond acceptors (Lipinski definition) is 3. The van der Waals surface area contributed by atoms with E-state index in [0.717, 1.165) is 0 Å². The first-order valence-electron chi connectivity index (χ1n) is 3.76. The van der Waals surface area contributed by atoms with Gasteiger partial charge in [-0.1, -0.05) is 0 Å². The predicted molar refractivity (Wildman–Crippen MR) is 46.7 cm³/mol. The number of carboxylic acids is 2. The van der Waals surface area contributed by atoms with Crippen LogP contribution in [0.5, 0.6) is 0 Å². The molecule has 0 bridgehead atoms.